The standard InChI is InChI=1S/C11H20/c1-5-7-9-11(3,4)10-8-6-2/h5,7,9-10H2,1-4H3. The second-order valence-electron chi connectivity index (χ2n) is 3.87. The van der Waals surface area contributed by atoms with Gasteiger partial charge in [0, 0.05) is 6.42 Å². The van der Waals surface area contributed by atoms with E-state index in [-0.39, 0.29) is 0 Å². The van der Waals surface area contributed by atoms with Gasteiger partial charge in [0.05, 0.1) is 0 Å². The average Bonchev–Trinajstić information content (AvgIpc) is 1.97. The molecule has 0 aromatic rings. The summed E-state index contributed by atoms with van der Waals surface area (Å²) in [7, 11) is 0. The van der Waals surface area contributed by atoms with E-state index in [1.54, 1.807) is 0 Å². The molecule has 0 heteroatoms. The fourth-order valence-electron chi connectivity index (χ4n) is 1.07. The van der Waals surface area contributed by atoms with E-state index in [1.165, 1.54) is 19.3 Å². The molecule has 0 unspecified atom stereocenters. The molecule has 0 amide bonds. The predicted molar refractivity (Wildman–Crippen MR) is 51.4 cm³/mol. The van der Waals surface area contributed by atoms with Crippen molar-refractivity contribution >= 4 is 0 Å². The van der Waals surface area contributed by atoms with Crippen molar-refractivity contribution in [2.45, 2.75) is 53.4 Å². The van der Waals surface area contributed by atoms with E-state index in [4.69, 9.17) is 0 Å². The van der Waals surface area contributed by atoms with Gasteiger partial charge in [0.15, 0.2) is 0 Å². The Morgan fingerprint density at radius 1 is 1.27 bits per heavy atom. The first-order chi connectivity index (χ1) is 5.12. The minimum Gasteiger partial charge on any atom is -0.107 e. The van der Waals surface area contributed by atoms with Crippen molar-refractivity contribution in [3.63, 3.8) is 0 Å². The van der Waals surface area contributed by atoms with Crippen molar-refractivity contribution < 1.29 is 0 Å². The topological polar surface area (TPSA) is 0 Å². The van der Waals surface area contributed by atoms with E-state index in [9.17, 15) is 0 Å². The summed E-state index contributed by atoms with van der Waals surface area (Å²) in [6.07, 6.45) is 4.98. The third kappa shape index (κ3) is 5.98. The second kappa shape index (κ2) is 5.24. The molecule has 0 saturated heterocycles. The summed E-state index contributed by atoms with van der Waals surface area (Å²) in [6.45, 7) is 8.75. The minimum absolute atomic E-state index is 0.430. The van der Waals surface area contributed by atoms with Gasteiger partial charge in [0.2, 0.25) is 0 Å². The molecule has 0 nitrogen and oxygen atoms in total. The van der Waals surface area contributed by atoms with Crippen LogP contribution in [0.4, 0.5) is 0 Å². The first-order valence-corrected chi connectivity index (χ1v) is 4.52. The van der Waals surface area contributed by atoms with E-state index in [0.29, 0.717) is 5.41 Å². The molecule has 0 radical (unpaired) electrons. The van der Waals surface area contributed by atoms with Gasteiger partial charge in [-0.1, -0.05) is 33.6 Å². The Kier molecular flexibility index (Phi) is 5.03. The molecule has 0 aliphatic carbocycles. The molecule has 64 valence electrons. The van der Waals surface area contributed by atoms with Gasteiger partial charge in [0.1, 0.15) is 0 Å². The summed E-state index contributed by atoms with van der Waals surface area (Å²) in [5.74, 6) is 6.10. The van der Waals surface area contributed by atoms with Crippen molar-refractivity contribution in [1.29, 1.82) is 0 Å². The molecule has 0 spiro atoms. The van der Waals surface area contributed by atoms with Crippen LogP contribution in [0.3, 0.4) is 0 Å². The Morgan fingerprint density at radius 3 is 2.36 bits per heavy atom. The van der Waals surface area contributed by atoms with Crippen molar-refractivity contribution in [3.8, 4) is 11.8 Å². The van der Waals surface area contributed by atoms with Crippen LogP contribution in [0, 0.1) is 17.3 Å². The zero-order valence-corrected chi connectivity index (χ0v) is 8.33. The molecular weight excluding hydrogens is 132 g/mol. The van der Waals surface area contributed by atoms with E-state index in [0.717, 1.165) is 6.42 Å². The monoisotopic (exact) mass is 152 g/mol. The van der Waals surface area contributed by atoms with Crippen LogP contribution in [0.25, 0.3) is 0 Å². The lowest BCUT2D eigenvalue weighted by Gasteiger charge is -2.20. The molecule has 0 atom stereocenters. The zero-order chi connectivity index (χ0) is 8.74. The maximum absolute atomic E-state index is 3.15. The van der Waals surface area contributed by atoms with Crippen LogP contribution in [-0.4, -0.2) is 0 Å². The van der Waals surface area contributed by atoms with Gasteiger partial charge in [-0.05, 0) is 18.8 Å². The molecule has 0 heterocycles. The van der Waals surface area contributed by atoms with Crippen LogP contribution in [0.1, 0.15) is 53.4 Å². The second-order valence-corrected chi connectivity index (χ2v) is 3.87. The van der Waals surface area contributed by atoms with Crippen LogP contribution in [0.2, 0.25) is 0 Å². The van der Waals surface area contributed by atoms with Crippen molar-refractivity contribution in [1.82, 2.24) is 0 Å². The quantitative estimate of drug-likeness (QED) is 0.540. The first kappa shape index (κ1) is 10.6. The van der Waals surface area contributed by atoms with E-state index in [2.05, 4.69) is 32.6 Å². The van der Waals surface area contributed by atoms with Crippen molar-refractivity contribution in [2.75, 3.05) is 0 Å². The van der Waals surface area contributed by atoms with Gasteiger partial charge < -0.3 is 0 Å². The summed E-state index contributed by atoms with van der Waals surface area (Å²) in [4.78, 5) is 0. The van der Waals surface area contributed by atoms with Crippen LogP contribution in [-0.2, 0) is 0 Å². The van der Waals surface area contributed by atoms with Crippen LogP contribution < -0.4 is 0 Å². The number of hydrogen-bond acceptors (Lipinski definition) is 0. The minimum atomic E-state index is 0.430. The molecule has 0 fully saturated rings. The molecule has 0 aromatic heterocycles. The highest BCUT2D eigenvalue weighted by atomic mass is 14.2. The summed E-state index contributed by atoms with van der Waals surface area (Å²) < 4.78 is 0. The summed E-state index contributed by atoms with van der Waals surface area (Å²) in [6, 6.07) is 0. The fourth-order valence-corrected chi connectivity index (χ4v) is 1.07. The van der Waals surface area contributed by atoms with Crippen LogP contribution in [0.5, 0.6) is 0 Å². The van der Waals surface area contributed by atoms with Crippen molar-refractivity contribution in [3.05, 3.63) is 0 Å². The molecular formula is C11H20. The Balaban J connectivity index is 3.66. The lowest BCUT2D eigenvalue weighted by Crippen LogP contribution is -2.09. The molecule has 0 aromatic carbocycles. The first-order valence-electron chi connectivity index (χ1n) is 4.52. The summed E-state index contributed by atoms with van der Waals surface area (Å²) in [5.41, 5.74) is 0.430. The highest BCUT2D eigenvalue weighted by Crippen LogP contribution is 2.26. The highest BCUT2D eigenvalue weighted by molar-refractivity contribution is 4.98. The van der Waals surface area contributed by atoms with Gasteiger partial charge in [0.25, 0.3) is 0 Å². The molecule has 0 aliphatic heterocycles. The van der Waals surface area contributed by atoms with E-state index < -0.39 is 0 Å². The third-order valence-electron chi connectivity index (χ3n) is 1.95. The maximum Gasteiger partial charge on any atom is 0.0140 e. The lowest BCUT2D eigenvalue weighted by molar-refractivity contribution is 0.333. The lowest BCUT2D eigenvalue weighted by atomic mass is 9.84. The van der Waals surface area contributed by atoms with Gasteiger partial charge in [-0.25, -0.2) is 0 Å². The molecule has 0 bridgehead atoms. The average molecular weight is 152 g/mol. The number of rotatable bonds is 4. The SMILES string of the molecule is CC#CCC(C)(C)CCCC. The Morgan fingerprint density at radius 2 is 1.91 bits per heavy atom. The Labute approximate surface area is 71.4 Å². The van der Waals surface area contributed by atoms with Crippen LogP contribution in [0.15, 0.2) is 0 Å². The molecule has 0 N–H and O–H groups in total. The number of unbranched alkanes of at least 4 members (excludes halogenated alkanes) is 1. The Bertz CT molecular complexity index is 143. The molecule has 11 heavy (non-hydrogen) atoms. The maximum atomic E-state index is 3.15. The summed E-state index contributed by atoms with van der Waals surface area (Å²) in [5, 5.41) is 0. The molecule has 0 aliphatic rings. The van der Waals surface area contributed by atoms with E-state index >= 15 is 0 Å². The van der Waals surface area contributed by atoms with Crippen LogP contribution >= 0.6 is 0 Å². The molecule has 0 rings (SSSR count). The van der Waals surface area contributed by atoms with Gasteiger partial charge in [-0.15, -0.1) is 11.8 Å². The zero-order valence-electron chi connectivity index (χ0n) is 8.33. The third-order valence-corrected chi connectivity index (χ3v) is 1.95. The van der Waals surface area contributed by atoms with Crippen molar-refractivity contribution in [2.24, 2.45) is 5.41 Å². The number of hydrogen-bond donors (Lipinski definition) is 0. The Hall–Kier alpha value is -0.440. The fraction of sp³-hybridized carbons (Fsp3) is 0.818. The van der Waals surface area contributed by atoms with E-state index in [1.807, 2.05) is 6.92 Å². The van der Waals surface area contributed by atoms with Gasteiger partial charge >= 0.3 is 0 Å². The predicted octanol–water partition coefficient (Wildman–Crippen LogP) is 3.62. The smallest absolute Gasteiger partial charge is 0.0140 e. The summed E-state index contributed by atoms with van der Waals surface area (Å²) >= 11 is 0. The van der Waals surface area contributed by atoms with Gasteiger partial charge in [-0.3, -0.25) is 0 Å². The highest BCUT2D eigenvalue weighted by Gasteiger charge is 2.14. The van der Waals surface area contributed by atoms with Gasteiger partial charge in [-0.2, -0.15) is 0 Å². The molecule has 0 saturated carbocycles. The normalized spacial score (nSPS) is 10.5. The largest absolute Gasteiger partial charge is 0.107 e.